The number of carboxylic acid groups (broad SMARTS) is 1. The normalized spacial score (nSPS) is 14.7. The van der Waals surface area contributed by atoms with E-state index in [2.05, 4.69) is 0 Å². The van der Waals surface area contributed by atoms with Crippen molar-refractivity contribution in [3.05, 3.63) is 64.3 Å². The first-order chi connectivity index (χ1) is 10.1. The van der Waals surface area contributed by atoms with Gasteiger partial charge in [0.1, 0.15) is 0 Å². The molecular weight excluding hydrogens is 268 g/mol. The Morgan fingerprint density at radius 2 is 2.14 bits per heavy atom. The maximum absolute atomic E-state index is 12.2. The lowest BCUT2D eigenvalue weighted by atomic mass is 10.1. The second-order valence-corrected chi connectivity index (χ2v) is 5.26. The summed E-state index contributed by atoms with van der Waals surface area (Å²) in [5, 5.41) is 8.64. The summed E-state index contributed by atoms with van der Waals surface area (Å²) in [6.45, 7) is 0.493. The van der Waals surface area contributed by atoms with Crippen LogP contribution in [-0.4, -0.2) is 20.2 Å². The molecule has 1 fully saturated rings. The molecule has 1 aliphatic rings. The fourth-order valence-corrected chi connectivity index (χ4v) is 2.34. The molecule has 1 aromatic carbocycles. The van der Waals surface area contributed by atoms with E-state index in [4.69, 9.17) is 5.11 Å². The van der Waals surface area contributed by atoms with Crippen molar-refractivity contribution in [1.29, 1.82) is 0 Å². The zero-order chi connectivity index (χ0) is 14.8. The molecule has 0 amide bonds. The molecule has 0 spiro atoms. The zero-order valence-corrected chi connectivity index (χ0v) is 11.5. The van der Waals surface area contributed by atoms with E-state index in [-0.39, 0.29) is 5.69 Å². The minimum absolute atomic E-state index is 0.0176. The van der Waals surface area contributed by atoms with Crippen LogP contribution in [0.1, 0.15) is 30.0 Å². The maximum atomic E-state index is 12.2. The van der Waals surface area contributed by atoms with E-state index in [9.17, 15) is 9.59 Å². The molecule has 5 heteroatoms. The highest BCUT2D eigenvalue weighted by molar-refractivity contribution is 5.85. The average Bonchev–Trinajstić information content (AvgIpc) is 3.24. The van der Waals surface area contributed by atoms with Gasteiger partial charge in [0.2, 0.25) is 0 Å². The van der Waals surface area contributed by atoms with Gasteiger partial charge in [-0.2, -0.15) is 0 Å². The molecule has 1 N–H and O–H groups in total. The summed E-state index contributed by atoms with van der Waals surface area (Å²) in [6, 6.07) is 7.89. The molecule has 0 unspecified atom stereocenters. The van der Waals surface area contributed by atoms with Crippen LogP contribution in [-0.2, 0) is 11.3 Å². The van der Waals surface area contributed by atoms with Gasteiger partial charge in [0.25, 0.3) is 0 Å². The molecule has 0 aliphatic heterocycles. The summed E-state index contributed by atoms with van der Waals surface area (Å²) in [5.74, 6) is -0.974. The second kappa shape index (κ2) is 5.44. The molecule has 1 heterocycles. The molecule has 0 bridgehead atoms. The van der Waals surface area contributed by atoms with Crippen LogP contribution >= 0.6 is 0 Å². The smallest absolute Gasteiger partial charge is 0.328 e. The number of imidazole rings is 1. The number of benzene rings is 1. The van der Waals surface area contributed by atoms with Crippen LogP contribution in [0, 0.1) is 0 Å². The van der Waals surface area contributed by atoms with Crippen molar-refractivity contribution in [1.82, 2.24) is 9.13 Å². The molecule has 0 saturated heterocycles. The fraction of sp³-hybridized carbons (Fsp3) is 0.250. The van der Waals surface area contributed by atoms with Crippen molar-refractivity contribution in [2.75, 3.05) is 0 Å². The summed E-state index contributed by atoms with van der Waals surface area (Å²) < 4.78 is 3.46. The van der Waals surface area contributed by atoms with Crippen LogP contribution in [0.3, 0.4) is 0 Å². The van der Waals surface area contributed by atoms with E-state index < -0.39 is 5.97 Å². The van der Waals surface area contributed by atoms with Gasteiger partial charge in [-0.15, -0.1) is 0 Å². The largest absolute Gasteiger partial charge is 0.478 e. The van der Waals surface area contributed by atoms with E-state index in [0.29, 0.717) is 12.6 Å². The van der Waals surface area contributed by atoms with Crippen molar-refractivity contribution in [2.45, 2.75) is 25.4 Å². The molecule has 1 aromatic heterocycles. The molecule has 0 atom stereocenters. The predicted molar refractivity (Wildman–Crippen MR) is 79.2 cm³/mol. The van der Waals surface area contributed by atoms with Crippen LogP contribution in [0.5, 0.6) is 0 Å². The number of hydrogen-bond donors (Lipinski definition) is 1. The third-order valence-electron chi connectivity index (χ3n) is 3.54. The second-order valence-electron chi connectivity index (χ2n) is 5.26. The Labute approximate surface area is 121 Å². The Morgan fingerprint density at radius 1 is 1.33 bits per heavy atom. The molecule has 0 radical (unpaired) electrons. The van der Waals surface area contributed by atoms with Crippen LogP contribution in [0.15, 0.2) is 47.5 Å². The summed E-state index contributed by atoms with van der Waals surface area (Å²) >= 11 is 0. The van der Waals surface area contributed by atoms with Crippen molar-refractivity contribution in [3.8, 4) is 0 Å². The molecule has 1 aliphatic carbocycles. The van der Waals surface area contributed by atoms with Crippen molar-refractivity contribution in [2.24, 2.45) is 0 Å². The van der Waals surface area contributed by atoms with E-state index in [1.165, 1.54) is 0 Å². The Kier molecular flexibility index (Phi) is 3.48. The lowest BCUT2D eigenvalue weighted by Gasteiger charge is -2.03. The number of carboxylic acids is 1. The van der Waals surface area contributed by atoms with Gasteiger partial charge in [0.05, 0.1) is 6.54 Å². The Morgan fingerprint density at radius 3 is 2.86 bits per heavy atom. The molecule has 21 heavy (non-hydrogen) atoms. The predicted octanol–water partition coefficient (Wildman–Crippen LogP) is 2.13. The Bertz CT molecular complexity index is 751. The van der Waals surface area contributed by atoms with E-state index in [1.54, 1.807) is 21.4 Å². The van der Waals surface area contributed by atoms with Gasteiger partial charge in [0.15, 0.2) is 0 Å². The van der Waals surface area contributed by atoms with Crippen molar-refractivity contribution < 1.29 is 9.90 Å². The lowest BCUT2D eigenvalue weighted by Crippen LogP contribution is -2.23. The highest BCUT2D eigenvalue weighted by atomic mass is 16.4. The molecule has 2 aromatic rings. The first kappa shape index (κ1) is 13.4. The number of aliphatic carboxylic acids is 1. The minimum Gasteiger partial charge on any atom is -0.478 e. The first-order valence-electron chi connectivity index (χ1n) is 6.91. The van der Waals surface area contributed by atoms with Crippen LogP contribution in [0.25, 0.3) is 6.08 Å². The number of nitrogens with zero attached hydrogens (tertiary/aromatic N) is 2. The van der Waals surface area contributed by atoms with Crippen molar-refractivity contribution >= 4 is 12.0 Å². The number of aromatic nitrogens is 2. The fourth-order valence-electron chi connectivity index (χ4n) is 2.34. The van der Waals surface area contributed by atoms with E-state index >= 15 is 0 Å². The minimum atomic E-state index is -0.974. The Balaban J connectivity index is 1.80. The van der Waals surface area contributed by atoms with Crippen LogP contribution < -0.4 is 5.69 Å². The summed E-state index contributed by atoms with van der Waals surface area (Å²) in [5.41, 5.74) is 1.80. The summed E-state index contributed by atoms with van der Waals surface area (Å²) in [7, 11) is 0. The molecule has 108 valence electrons. The first-order valence-corrected chi connectivity index (χ1v) is 6.91. The Hall–Kier alpha value is -2.56. The summed E-state index contributed by atoms with van der Waals surface area (Å²) in [6.07, 6.45) is 8.46. The highest BCUT2D eigenvalue weighted by Gasteiger charge is 2.25. The van der Waals surface area contributed by atoms with Gasteiger partial charge in [-0.25, -0.2) is 9.59 Å². The molecule has 5 nitrogen and oxygen atoms in total. The quantitative estimate of drug-likeness (QED) is 0.855. The van der Waals surface area contributed by atoms with E-state index in [1.807, 2.05) is 30.5 Å². The van der Waals surface area contributed by atoms with Gasteiger partial charge in [-0.1, -0.05) is 18.2 Å². The van der Waals surface area contributed by atoms with Crippen LogP contribution in [0.2, 0.25) is 0 Å². The molecule has 3 rings (SSSR count). The lowest BCUT2D eigenvalue weighted by molar-refractivity contribution is -0.131. The highest BCUT2D eigenvalue weighted by Crippen LogP contribution is 2.33. The molecular formula is C16H16N2O3. The van der Waals surface area contributed by atoms with Crippen LogP contribution in [0.4, 0.5) is 0 Å². The van der Waals surface area contributed by atoms with Crippen molar-refractivity contribution in [3.63, 3.8) is 0 Å². The third kappa shape index (κ3) is 3.13. The molecule has 1 saturated carbocycles. The number of carbonyl (C=O) groups is 1. The number of rotatable bonds is 5. The van der Waals surface area contributed by atoms with Gasteiger partial charge >= 0.3 is 11.7 Å². The average molecular weight is 284 g/mol. The van der Waals surface area contributed by atoms with Gasteiger partial charge in [0, 0.05) is 24.5 Å². The zero-order valence-electron chi connectivity index (χ0n) is 11.5. The standard InChI is InChI=1S/C16H16N2O3/c19-15(20)7-4-12-2-1-3-13(10-12)11-17-8-9-18(16(17)21)14-5-6-14/h1-4,7-10,14H,5-6,11H2,(H,19,20)/b7-4+. The van der Waals surface area contributed by atoms with Gasteiger partial charge in [-0.05, 0) is 36.1 Å². The van der Waals surface area contributed by atoms with Gasteiger partial charge in [-0.3, -0.25) is 9.13 Å². The third-order valence-corrected chi connectivity index (χ3v) is 3.54. The monoisotopic (exact) mass is 284 g/mol. The van der Waals surface area contributed by atoms with E-state index in [0.717, 1.165) is 30.0 Å². The topological polar surface area (TPSA) is 64.2 Å². The number of hydrogen-bond acceptors (Lipinski definition) is 2. The SMILES string of the molecule is O=C(O)/C=C/c1cccc(Cn2ccn(C3CC3)c2=O)c1. The van der Waals surface area contributed by atoms with Gasteiger partial charge < -0.3 is 5.11 Å². The summed E-state index contributed by atoms with van der Waals surface area (Å²) in [4.78, 5) is 22.7. The maximum Gasteiger partial charge on any atom is 0.328 e.